The van der Waals surface area contributed by atoms with Crippen molar-refractivity contribution in [1.82, 2.24) is 4.90 Å². The van der Waals surface area contributed by atoms with Gasteiger partial charge in [-0.05, 0) is 65.4 Å². The zero-order chi connectivity index (χ0) is 18.4. The normalized spacial score (nSPS) is 15.2. The third-order valence-corrected chi connectivity index (χ3v) is 5.41. The maximum absolute atomic E-state index is 12.4. The fraction of sp³-hybridized carbons (Fsp3) is 0.300. The van der Waals surface area contributed by atoms with Gasteiger partial charge in [-0.25, -0.2) is 0 Å². The Balaban J connectivity index is 1.54. The summed E-state index contributed by atoms with van der Waals surface area (Å²) in [5.41, 5.74) is 2.68. The van der Waals surface area contributed by atoms with Gasteiger partial charge in [0, 0.05) is 35.4 Å². The summed E-state index contributed by atoms with van der Waals surface area (Å²) in [5, 5.41) is 11.9. The molecule has 0 saturated carbocycles. The number of para-hydroxylation sites is 1. The SMILES string of the molecule is N#Cc1ccc(N2CCCN(CC(=O)Nc3ccccc3I)CC2)cc1. The number of halogens is 1. The van der Waals surface area contributed by atoms with Crippen molar-refractivity contribution in [1.29, 1.82) is 5.26 Å². The Kier molecular flexibility index (Phi) is 6.47. The topological polar surface area (TPSA) is 59.4 Å². The number of benzene rings is 2. The number of carbonyl (C=O) groups excluding carboxylic acids is 1. The van der Waals surface area contributed by atoms with Gasteiger partial charge >= 0.3 is 0 Å². The number of hydrogen-bond acceptors (Lipinski definition) is 4. The van der Waals surface area contributed by atoms with Crippen molar-refractivity contribution in [3.05, 3.63) is 57.7 Å². The van der Waals surface area contributed by atoms with E-state index in [-0.39, 0.29) is 5.91 Å². The lowest BCUT2D eigenvalue weighted by Crippen LogP contribution is -2.36. The summed E-state index contributed by atoms with van der Waals surface area (Å²) in [7, 11) is 0. The van der Waals surface area contributed by atoms with Crippen LogP contribution in [0.5, 0.6) is 0 Å². The van der Waals surface area contributed by atoms with Crippen LogP contribution in [0.4, 0.5) is 11.4 Å². The average molecular weight is 460 g/mol. The second kappa shape index (κ2) is 9.01. The minimum absolute atomic E-state index is 0.0286. The van der Waals surface area contributed by atoms with Crippen molar-refractivity contribution in [3.63, 3.8) is 0 Å². The molecule has 0 atom stereocenters. The number of nitrogens with zero attached hydrogens (tertiary/aromatic N) is 3. The molecule has 1 N–H and O–H groups in total. The van der Waals surface area contributed by atoms with E-state index >= 15 is 0 Å². The monoisotopic (exact) mass is 460 g/mol. The maximum atomic E-state index is 12.4. The molecule has 1 heterocycles. The first-order valence-electron chi connectivity index (χ1n) is 8.67. The van der Waals surface area contributed by atoms with Crippen LogP contribution in [-0.2, 0) is 4.79 Å². The van der Waals surface area contributed by atoms with Crippen LogP contribution >= 0.6 is 22.6 Å². The van der Waals surface area contributed by atoms with Crippen LogP contribution < -0.4 is 10.2 Å². The minimum Gasteiger partial charge on any atom is -0.370 e. The summed E-state index contributed by atoms with van der Waals surface area (Å²) in [6.45, 7) is 4.00. The highest BCUT2D eigenvalue weighted by molar-refractivity contribution is 14.1. The first-order chi connectivity index (χ1) is 12.7. The molecular formula is C20H21IN4O. The van der Waals surface area contributed by atoms with Gasteiger partial charge in [0.25, 0.3) is 0 Å². The van der Waals surface area contributed by atoms with E-state index in [1.165, 1.54) is 0 Å². The van der Waals surface area contributed by atoms with Crippen LogP contribution in [0, 0.1) is 14.9 Å². The van der Waals surface area contributed by atoms with E-state index in [0.717, 1.165) is 47.5 Å². The molecule has 1 fully saturated rings. The molecule has 2 aromatic rings. The highest BCUT2D eigenvalue weighted by atomic mass is 127. The molecule has 3 rings (SSSR count). The Bertz CT molecular complexity index is 800. The number of hydrogen-bond donors (Lipinski definition) is 1. The van der Waals surface area contributed by atoms with E-state index in [4.69, 9.17) is 5.26 Å². The predicted molar refractivity (Wildman–Crippen MR) is 112 cm³/mol. The van der Waals surface area contributed by atoms with Gasteiger partial charge in [0.05, 0.1) is 23.9 Å². The van der Waals surface area contributed by atoms with E-state index in [2.05, 4.69) is 43.8 Å². The number of amides is 1. The van der Waals surface area contributed by atoms with Crippen LogP contribution in [-0.4, -0.2) is 43.5 Å². The Morgan fingerprint density at radius 1 is 1.08 bits per heavy atom. The molecule has 0 unspecified atom stereocenters. The van der Waals surface area contributed by atoms with Gasteiger partial charge in [0.15, 0.2) is 0 Å². The molecule has 1 aliphatic heterocycles. The van der Waals surface area contributed by atoms with Gasteiger partial charge in [-0.15, -0.1) is 0 Å². The third-order valence-electron chi connectivity index (χ3n) is 4.47. The van der Waals surface area contributed by atoms with Gasteiger partial charge in [0.1, 0.15) is 0 Å². The fourth-order valence-corrected chi connectivity index (χ4v) is 3.61. The Hall–Kier alpha value is -2.11. The Morgan fingerprint density at radius 2 is 1.85 bits per heavy atom. The first-order valence-corrected chi connectivity index (χ1v) is 9.75. The molecule has 6 heteroatoms. The summed E-state index contributed by atoms with van der Waals surface area (Å²) in [6, 6.07) is 17.7. The summed E-state index contributed by atoms with van der Waals surface area (Å²) >= 11 is 2.23. The van der Waals surface area contributed by atoms with Crippen molar-refractivity contribution in [2.75, 3.05) is 42.9 Å². The number of nitrogens with one attached hydrogen (secondary N) is 1. The van der Waals surface area contributed by atoms with Crippen molar-refractivity contribution in [3.8, 4) is 6.07 Å². The van der Waals surface area contributed by atoms with Crippen molar-refractivity contribution in [2.45, 2.75) is 6.42 Å². The maximum Gasteiger partial charge on any atom is 0.238 e. The lowest BCUT2D eigenvalue weighted by Gasteiger charge is -2.23. The van der Waals surface area contributed by atoms with E-state index in [1.807, 2.05) is 48.5 Å². The highest BCUT2D eigenvalue weighted by Gasteiger charge is 2.17. The largest absolute Gasteiger partial charge is 0.370 e. The number of anilines is 2. The van der Waals surface area contributed by atoms with E-state index in [0.29, 0.717) is 12.1 Å². The quantitative estimate of drug-likeness (QED) is 0.712. The molecular weight excluding hydrogens is 439 g/mol. The molecule has 0 aromatic heterocycles. The fourth-order valence-electron chi connectivity index (χ4n) is 3.09. The molecule has 1 saturated heterocycles. The zero-order valence-corrected chi connectivity index (χ0v) is 16.6. The first kappa shape index (κ1) is 18.7. The molecule has 134 valence electrons. The van der Waals surface area contributed by atoms with Crippen LogP contribution in [0.1, 0.15) is 12.0 Å². The number of rotatable bonds is 4. The highest BCUT2D eigenvalue weighted by Crippen LogP contribution is 2.18. The van der Waals surface area contributed by atoms with Gasteiger partial charge in [-0.3, -0.25) is 9.69 Å². The van der Waals surface area contributed by atoms with E-state index in [9.17, 15) is 4.79 Å². The van der Waals surface area contributed by atoms with Crippen LogP contribution in [0.15, 0.2) is 48.5 Å². The Morgan fingerprint density at radius 3 is 2.58 bits per heavy atom. The van der Waals surface area contributed by atoms with Crippen LogP contribution in [0.2, 0.25) is 0 Å². The molecule has 0 spiro atoms. The van der Waals surface area contributed by atoms with E-state index in [1.54, 1.807) is 0 Å². The summed E-state index contributed by atoms with van der Waals surface area (Å²) < 4.78 is 1.04. The van der Waals surface area contributed by atoms with Crippen LogP contribution in [0.3, 0.4) is 0 Å². The van der Waals surface area contributed by atoms with Crippen LogP contribution in [0.25, 0.3) is 0 Å². The van der Waals surface area contributed by atoms with Gasteiger partial charge < -0.3 is 10.2 Å². The second-order valence-corrected chi connectivity index (χ2v) is 7.47. The molecule has 0 bridgehead atoms. The lowest BCUT2D eigenvalue weighted by molar-refractivity contribution is -0.117. The van der Waals surface area contributed by atoms with Crippen molar-refractivity contribution >= 4 is 39.9 Å². The summed E-state index contributed by atoms with van der Waals surface area (Å²) in [5.74, 6) is 0.0286. The molecule has 1 amide bonds. The third kappa shape index (κ3) is 4.96. The molecule has 5 nitrogen and oxygen atoms in total. The summed E-state index contributed by atoms with van der Waals surface area (Å²) in [4.78, 5) is 16.9. The standard InChI is InChI=1S/C20H21IN4O/c21-18-4-1-2-5-19(18)23-20(26)15-24-10-3-11-25(13-12-24)17-8-6-16(14-22)7-9-17/h1-2,4-9H,3,10-13,15H2,(H,23,26). The molecule has 1 aliphatic rings. The molecule has 0 radical (unpaired) electrons. The smallest absolute Gasteiger partial charge is 0.238 e. The molecule has 0 aliphatic carbocycles. The Labute approximate surface area is 167 Å². The zero-order valence-electron chi connectivity index (χ0n) is 14.5. The van der Waals surface area contributed by atoms with Gasteiger partial charge in [-0.1, -0.05) is 12.1 Å². The minimum atomic E-state index is 0.0286. The second-order valence-electron chi connectivity index (χ2n) is 6.30. The van der Waals surface area contributed by atoms with Gasteiger partial charge in [-0.2, -0.15) is 5.26 Å². The summed E-state index contributed by atoms with van der Waals surface area (Å²) in [6.07, 6.45) is 1.01. The van der Waals surface area contributed by atoms with Crippen molar-refractivity contribution < 1.29 is 4.79 Å². The number of nitriles is 1. The molecule has 2 aromatic carbocycles. The van der Waals surface area contributed by atoms with Crippen molar-refractivity contribution in [2.24, 2.45) is 0 Å². The van der Waals surface area contributed by atoms with E-state index < -0.39 is 0 Å². The average Bonchev–Trinajstić information content (AvgIpc) is 2.89. The predicted octanol–water partition coefficient (Wildman–Crippen LogP) is 3.31. The lowest BCUT2D eigenvalue weighted by atomic mass is 10.2. The van der Waals surface area contributed by atoms with Gasteiger partial charge in [0.2, 0.25) is 5.91 Å². The molecule has 26 heavy (non-hydrogen) atoms. The number of carbonyl (C=O) groups is 1.